The third-order valence-corrected chi connectivity index (χ3v) is 7.87. The average molecular weight is 561 g/mol. The van der Waals surface area contributed by atoms with Crippen molar-refractivity contribution < 1.29 is 33.3 Å². The average Bonchev–Trinajstić information content (AvgIpc) is 3.61. The zero-order chi connectivity index (χ0) is 28.6. The van der Waals surface area contributed by atoms with Crippen LogP contribution in [0.4, 0.5) is 0 Å². The maximum atomic E-state index is 13.3. The fraction of sp³-hybridized carbons (Fsp3) is 0.200. The Kier molecular flexibility index (Phi) is 6.62. The first-order valence-electron chi connectivity index (χ1n) is 14.0. The number of hydrogen-bond acceptors (Lipinski definition) is 7. The predicted octanol–water partition coefficient (Wildman–Crippen LogP) is 6.31. The van der Waals surface area contributed by atoms with Crippen molar-refractivity contribution in [2.24, 2.45) is 0 Å². The van der Waals surface area contributed by atoms with Gasteiger partial charge in [0.15, 0.2) is 17.3 Å². The summed E-state index contributed by atoms with van der Waals surface area (Å²) >= 11 is 0. The Labute approximate surface area is 243 Å². The third kappa shape index (κ3) is 4.77. The minimum absolute atomic E-state index is 0.101. The minimum atomic E-state index is -0.392. The molecule has 0 radical (unpaired) electrons. The lowest BCUT2D eigenvalue weighted by Crippen LogP contribution is -2.21. The van der Waals surface area contributed by atoms with Gasteiger partial charge in [0.2, 0.25) is 5.78 Å². The quantitative estimate of drug-likeness (QED) is 0.149. The molecule has 0 spiro atoms. The van der Waals surface area contributed by atoms with Crippen molar-refractivity contribution in [3.63, 3.8) is 0 Å². The number of Topliss-reactive ketones (excluding diaryl/α,β-unsaturated/α-hetero) is 1. The van der Waals surface area contributed by atoms with Gasteiger partial charge in [-0.2, -0.15) is 0 Å². The molecule has 7 rings (SSSR count). The van der Waals surface area contributed by atoms with Crippen LogP contribution >= 0.6 is 0 Å². The first-order chi connectivity index (χ1) is 20.6. The van der Waals surface area contributed by atoms with E-state index in [9.17, 15) is 9.59 Å². The van der Waals surface area contributed by atoms with Crippen molar-refractivity contribution in [2.45, 2.75) is 25.2 Å². The normalized spacial score (nSPS) is 17.5. The Balaban J connectivity index is 1.15. The molecule has 0 saturated carbocycles. The highest BCUT2D eigenvalue weighted by Crippen LogP contribution is 2.49. The lowest BCUT2D eigenvalue weighted by Gasteiger charge is -2.26. The number of rotatable bonds is 7. The zero-order valence-corrected chi connectivity index (χ0v) is 23.1. The molecule has 0 aliphatic carbocycles. The molecule has 210 valence electrons. The molecule has 3 heterocycles. The number of ether oxygens (including phenoxy) is 5. The molecule has 3 aliphatic heterocycles. The van der Waals surface area contributed by atoms with E-state index in [0.717, 1.165) is 36.3 Å². The van der Waals surface area contributed by atoms with Crippen molar-refractivity contribution in [1.29, 1.82) is 0 Å². The standard InChI is InChI=1S/C35H28O7/c1-38-30-19-23(8-11-28(30)40-15-13-22-7-10-27-24(17-22)14-16-39-27)26-20-32(36)41-29-12-9-25-34(37)31(42-35(25)33(26)29)18-21-5-3-2-4-6-21/h2-12,17-19,26H,13-16,20H2,1H3/b31-18-/t26-/m0/s1. The third-order valence-electron chi connectivity index (χ3n) is 7.87. The Morgan fingerprint density at radius 3 is 2.62 bits per heavy atom. The molecule has 42 heavy (non-hydrogen) atoms. The van der Waals surface area contributed by atoms with Crippen molar-refractivity contribution in [3.05, 3.63) is 118 Å². The van der Waals surface area contributed by atoms with Crippen LogP contribution in [0.25, 0.3) is 6.08 Å². The first kappa shape index (κ1) is 25.9. The van der Waals surface area contributed by atoms with Gasteiger partial charge in [0.25, 0.3) is 0 Å². The topological polar surface area (TPSA) is 80.3 Å². The van der Waals surface area contributed by atoms with Gasteiger partial charge in [-0.3, -0.25) is 9.59 Å². The molecule has 4 aromatic rings. The van der Waals surface area contributed by atoms with Crippen LogP contribution in [0.1, 0.15) is 50.5 Å². The molecule has 3 aliphatic rings. The van der Waals surface area contributed by atoms with E-state index in [2.05, 4.69) is 12.1 Å². The maximum Gasteiger partial charge on any atom is 0.312 e. The van der Waals surface area contributed by atoms with Gasteiger partial charge in [-0.15, -0.1) is 0 Å². The van der Waals surface area contributed by atoms with Crippen LogP contribution in [-0.4, -0.2) is 32.1 Å². The fourth-order valence-electron chi connectivity index (χ4n) is 5.79. The molecule has 4 aromatic carbocycles. The Hall–Kier alpha value is -5.04. The van der Waals surface area contributed by atoms with Crippen LogP contribution in [0.5, 0.6) is 28.7 Å². The minimum Gasteiger partial charge on any atom is -0.493 e. The van der Waals surface area contributed by atoms with Gasteiger partial charge in [0, 0.05) is 24.3 Å². The van der Waals surface area contributed by atoms with Crippen LogP contribution in [0.2, 0.25) is 0 Å². The molecule has 1 atom stereocenters. The Morgan fingerprint density at radius 2 is 1.76 bits per heavy atom. The Bertz CT molecular complexity index is 1740. The van der Waals surface area contributed by atoms with Gasteiger partial charge in [0.05, 0.1) is 32.3 Å². The van der Waals surface area contributed by atoms with Gasteiger partial charge in [-0.1, -0.05) is 48.5 Å². The number of esters is 1. The van der Waals surface area contributed by atoms with Crippen molar-refractivity contribution in [1.82, 2.24) is 0 Å². The van der Waals surface area contributed by atoms with Crippen molar-refractivity contribution >= 4 is 17.8 Å². The second-order valence-corrected chi connectivity index (χ2v) is 10.5. The summed E-state index contributed by atoms with van der Waals surface area (Å²) in [4.78, 5) is 25.9. The van der Waals surface area contributed by atoms with Crippen LogP contribution in [-0.2, 0) is 17.6 Å². The lowest BCUT2D eigenvalue weighted by molar-refractivity contribution is -0.135. The molecule has 0 bridgehead atoms. The number of benzene rings is 4. The summed E-state index contributed by atoms with van der Waals surface area (Å²) in [7, 11) is 1.59. The van der Waals surface area contributed by atoms with Crippen LogP contribution < -0.4 is 23.7 Å². The summed E-state index contributed by atoms with van der Waals surface area (Å²) in [5.41, 5.74) is 5.24. The summed E-state index contributed by atoms with van der Waals surface area (Å²) in [6.07, 6.45) is 3.51. The second kappa shape index (κ2) is 10.7. The predicted molar refractivity (Wildman–Crippen MR) is 156 cm³/mol. The molecule has 0 fully saturated rings. The van der Waals surface area contributed by atoms with Crippen LogP contribution in [0.3, 0.4) is 0 Å². The molecule has 7 nitrogen and oxygen atoms in total. The van der Waals surface area contributed by atoms with Crippen molar-refractivity contribution in [3.8, 4) is 28.7 Å². The SMILES string of the molecule is COc1cc([C@@H]2CC(=O)Oc3ccc4c(c32)O/C(=C\c2ccccc2)C4=O)ccc1OCCc1ccc2c(c1)CCO2. The monoisotopic (exact) mass is 560 g/mol. The number of hydrogen-bond donors (Lipinski definition) is 0. The van der Waals surface area contributed by atoms with Gasteiger partial charge in [0.1, 0.15) is 17.2 Å². The van der Waals surface area contributed by atoms with Gasteiger partial charge in [-0.25, -0.2) is 0 Å². The first-order valence-corrected chi connectivity index (χ1v) is 14.0. The fourth-order valence-corrected chi connectivity index (χ4v) is 5.79. The molecule has 0 aromatic heterocycles. The molecular weight excluding hydrogens is 532 g/mol. The summed E-state index contributed by atoms with van der Waals surface area (Å²) in [6, 6.07) is 24.8. The summed E-state index contributed by atoms with van der Waals surface area (Å²) < 4.78 is 29.2. The van der Waals surface area contributed by atoms with Gasteiger partial charge < -0.3 is 23.7 Å². The van der Waals surface area contributed by atoms with E-state index >= 15 is 0 Å². The second-order valence-electron chi connectivity index (χ2n) is 10.5. The Morgan fingerprint density at radius 1 is 0.905 bits per heavy atom. The van der Waals surface area contributed by atoms with E-state index < -0.39 is 5.92 Å². The zero-order valence-electron chi connectivity index (χ0n) is 23.1. The molecule has 0 N–H and O–H groups in total. The molecule has 7 heteroatoms. The van der Waals surface area contributed by atoms with Crippen molar-refractivity contribution in [2.75, 3.05) is 20.3 Å². The van der Waals surface area contributed by atoms with E-state index in [4.69, 9.17) is 23.7 Å². The van der Waals surface area contributed by atoms with E-state index in [1.807, 2.05) is 54.6 Å². The summed E-state index contributed by atoms with van der Waals surface area (Å²) in [5, 5.41) is 0. The van der Waals surface area contributed by atoms with Gasteiger partial charge in [-0.05, 0) is 58.7 Å². The molecule has 0 unspecified atom stereocenters. The smallest absolute Gasteiger partial charge is 0.312 e. The van der Waals surface area contributed by atoms with E-state index in [0.29, 0.717) is 40.7 Å². The molecule has 0 saturated heterocycles. The highest BCUT2D eigenvalue weighted by atomic mass is 16.5. The highest BCUT2D eigenvalue weighted by Gasteiger charge is 2.38. The largest absolute Gasteiger partial charge is 0.493 e. The number of fused-ring (bicyclic) bond motifs is 4. The molecular formula is C35H28O7. The van der Waals surface area contributed by atoms with E-state index in [1.165, 1.54) is 11.1 Å². The number of ketones is 1. The van der Waals surface area contributed by atoms with Gasteiger partial charge >= 0.3 is 5.97 Å². The lowest BCUT2D eigenvalue weighted by atomic mass is 9.84. The number of carbonyl (C=O) groups excluding carboxylic acids is 2. The summed E-state index contributed by atoms with van der Waals surface area (Å²) in [5.74, 6) is 2.24. The van der Waals surface area contributed by atoms with Crippen LogP contribution in [0, 0.1) is 0 Å². The van der Waals surface area contributed by atoms with Crippen LogP contribution in [0.15, 0.2) is 84.6 Å². The molecule has 0 amide bonds. The number of allylic oxidation sites excluding steroid dienone is 1. The highest BCUT2D eigenvalue weighted by molar-refractivity contribution is 6.15. The van der Waals surface area contributed by atoms with E-state index in [1.54, 1.807) is 25.3 Å². The summed E-state index contributed by atoms with van der Waals surface area (Å²) in [6.45, 7) is 1.22. The van der Waals surface area contributed by atoms with E-state index in [-0.39, 0.29) is 23.9 Å². The number of carbonyl (C=O) groups is 2. The maximum absolute atomic E-state index is 13.3. The number of methoxy groups -OCH3 is 1.